The molecule has 0 fully saturated rings. The predicted octanol–water partition coefficient (Wildman–Crippen LogP) is 4.01. The van der Waals surface area contributed by atoms with Gasteiger partial charge in [0.25, 0.3) is 5.91 Å². The summed E-state index contributed by atoms with van der Waals surface area (Å²) in [7, 11) is 1.80. The summed E-state index contributed by atoms with van der Waals surface area (Å²) >= 11 is 0. The van der Waals surface area contributed by atoms with Crippen molar-refractivity contribution < 1.29 is 19.1 Å². The first-order chi connectivity index (χ1) is 13.8. The van der Waals surface area contributed by atoms with E-state index in [1.807, 2.05) is 37.3 Å². The standard InChI is InChI=1S/C22H23N3O4/c1-14-20(15(2)25(4)24-14)23-21(26)16(3)28-22(27)17-10-12-19(13-11-17)29-18-8-6-5-7-9-18/h5-13,16H,1-4H3,(H,23,26)/t16-/m1/s1. The lowest BCUT2D eigenvalue weighted by Crippen LogP contribution is -2.30. The average molecular weight is 393 g/mol. The third-order valence-electron chi connectivity index (χ3n) is 4.48. The number of hydrogen-bond acceptors (Lipinski definition) is 5. The van der Waals surface area contributed by atoms with Gasteiger partial charge in [-0.3, -0.25) is 9.48 Å². The second kappa shape index (κ2) is 8.60. The molecule has 0 spiro atoms. The van der Waals surface area contributed by atoms with Crippen LogP contribution in [0.1, 0.15) is 28.7 Å². The molecule has 0 unspecified atom stereocenters. The van der Waals surface area contributed by atoms with Crippen molar-refractivity contribution in [1.29, 1.82) is 0 Å². The van der Waals surface area contributed by atoms with E-state index in [0.29, 0.717) is 28.4 Å². The zero-order chi connectivity index (χ0) is 21.0. The van der Waals surface area contributed by atoms with Crippen LogP contribution in [-0.2, 0) is 16.6 Å². The number of nitrogens with one attached hydrogen (secondary N) is 1. The van der Waals surface area contributed by atoms with Gasteiger partial charge in [-0.2, -0.15) is 5.10 Å². The number of rotatable bonds is 6. The van der Waals surface area contributed by atoms with E-state index in [9.17, 15) is 9.59 Å². The van der Waals surface area contributed by atoms with Crippen LogP contribution in [0.25, 0.3) is 0 Å². The lowest BCUT2D eigenvalue weighted by molar-refractivity contribution is -0.123. The summed E-state index contributed by atoms with van der Waals surface area (Å²) in [6.07, 6.45) is -0.957. The number of aromatic nitrogens is 2. The van der Waals surface area contributed by atoms with Gasteiger partial charge in [0, 0.05) is 7.05 Å². The Hall–Kier alpha value is -3.61. The molecule has 1 amide bonds. The van der Waals surface area contributed by atoms with Crippen LogP contribution in [0.3, 0.4) is 0 Å². The van der Waals surface area contributed by atoms with Crippen LogP contribution in [0.15, 0.2) is 54.6 Å². The fourth-order valence-electron chi connectivity index (χ4n) is 2.75. The van der Waals surface area contributed by atoms with Gasteiger partial charge in [0.1, 0.15) is 11.5 Å². The summed E-state index contributed by atoms with van der Waals surface area (Å²) in [6.45, 7) is 5.19. The molecule has 1 heterocycles. The summed E-state index contributed by atoms with van der Waals surface area (Å²) in [5.74, 6) is 0.301. The van der Waals surface area contributed by atoms with Crippen molar-refractivity contribution in [2.24, 2.45) is 7.05 Å². The zero-order valence-corrected chi connectivity index (χ0v) is 16.8. The van der Waals surface area contributed by atoms with Crippen molar-refractivity contribution in [3.05, 3.63) is 71.5 Å². The second-order valence-electron chi connectivity index (χ2n) is 6.65. The third-order valence-corrected chi connectivity index (χ3v) is 4.48. The Labute approximate surface area is 169 Å². The van der Waals surface area contributed by atoms with Crippen molar-refractivity contribution in [2.45, 2.75) is 26.9 Å². The van der Waals surface area contributed by atoms with Crippen molar-refractivity contribution in [3.8, 4) is 11.5 Å². The lowest BCUT2D eigenvalue weighted by atomic mass is 10.2. The van der Waals surface area contributed by atoms with E-state index in [1.54, 1.807) is 42.9 Å². The van der Waals surface area contributed by atoms with Gasteiger partial charge in [0.15, 0.2) is 6.10 Å². The number of aryl methyl sites for hydroxylation is 2. The SMILES string of the molecule is Cc1nn(C)c(C)c1NC(=O)[C@@H](C)OC(=O)c1ccc(Oc2ccccc2)cc1. The first-order valence-electron chi connectivity index (χ1n) is 9.20. The molecule has 7 nitrogen and oxygen atoms in total. The lowest BCUT2D eigenvalue weighted by Gasteiger charge is -2.14. The monoisotopic (exact) mass is 393 g/mol. The Balaban J connectivity index is 1.59. The van der Waals surface area contributed by atoms with Crippen molar-refractivity contribution in [2.75, 3.05) is 5.32 Å². The molecule has 1 N–H and O–H groups in total. The number of nitrogens with zero attached hydrogens (tertiary/aromatic N) is 2. The molecule has 2 aromatic carbocycles. The van der Waals surface area contributed by atoms with E-state index in [2.05, 4.69) is 10.4 Å². The van der Waals surface area contributed by atoms with Crippen molar-refractivity contribution >= 4 is 17.6 Å². The minimum Gasteiger partial charge on any atom is -0.457 e. The van der Waals surface area contributed by atoms with E-state index in [0.717, 1.165) is 5.69 Å². The molecule has 0 aliphatic heterocycles. The molecule has 3 aromatic rings. The fraction of sp³-hybridized carbons (Fsp3) is 0.227. The summed E-state index contributed by atoms with van der Waals surface area (Å²) < 4.78 is 12.7. The molecule has 1 aromatic heterocycles. The zero-order valence-electron chi connectivity index (χ0n) is 16.8. The highest BCUT2D eigenvalue weighted by Crippen LogP contribution is 2.22. The number of carbonyl (C=O) groups excluding carboxylic acids is 2. The highest BCUT2D eigenvalue weighted by molar-refractivity contribution is 5.98. The number of hydrogen-bond donors (Lipinski definition) is 1. The van der Waals surface area contributed by atoms with Gasteiger partial charge >= 0.3 is 5.97 Å². The van der Waals surface area contributed by atoms with Gasteiger partial charge in [-0.15, -0.1) is 0 Å². The number of benzene rings is 2. The van der Waals surface area contributed by atoms with Gasteiger partial charge in [-0.1, -0.05) is 18.2 Å². The molecule has 1 atom stereocenters. The van der Waals surface area contributed by atoms with Crippen molar-refractivity contribution in [3.63, 3.8) is 0 Å². The fourth-order valence-corrected chi connectivity index (χ4v) is 2.75. The number of esters is 1. The molecule has 0 bridgehead atoms. The van der Waals surface area contributed by atoms with E-state index in [4.69, 9.17) is 9.47 Å². The average Bonchev–Trinajstić information content (AvgIpc) is 2.95. The molecule has 0 aliphatic rings. The molecule has 29 heavy (non-hydrogen) atoms. The van der Waals surface area contributed by atoms with Crippen LogP contribution >= 0.6 is 0 Å². The normalized spacial score (nSPS) is 11.6. The van der Waals surface area contributed by atoms with Crippen LogP contribution in [0, 0.1) is 13.8 Å². The minimum absolute atomic E-state index is 0.332. The number of para-hydroxylation sites is 1. The van der Waals surface area contributed by atoms with Crippen LogP contribution in [0.2, 0.25) is 0 Å². The van der Waals surface area contributed by atoms with Crippen LogP contribution in [0.5, 0.6) is 11.5 Å². The smallest absolute Gasteiger partial charge is 0.338 e. The van der Waals surface area contributed by atoms with Crippen LogP contribution in [0.4, 0.5) is 5.69 Å². The Bertz CT molecular complexity index is 1010. The maximum Gasteiger partial charge on any atom is 0.338 e. The predicted molar refractivity (Wildman–Crippen MR) is 109 cm³/mol. The van der Waals surface area contributed by atoms with Gasteiger partial charge in [0.05, 0.1) is 22.6 Å². The highest BCUT2D eigenvalue weighted by atomic mass is 16.5. The largest absolute Gasteiger partial charge is 0.457 e. The van der Waals surface area contributed by atoms with E-state index < -0.39 is 18.0 Å². The quantitative estimate of drug-likeness (QED) is 0.640. The van der Waals surface area contributed by atoms with E-state index in [1.165, 1.54) is 6.92 Å². The molecule has 0 saturated heterocycles. The van der Waals surface area contributed by atoms with E-state index in [-0.39, 0.29) is 0 Å². The Kier molecular flexibility index (Phi) is 5.97. The number of amides is 1. The van der Waals surface area contributed by atoms with Gasteiger partial charge < -0.3 is 14.8 Å². The maximum absolute atomic E-state index is 12.4. The molecule has 0 saturated carbocycles. The van der Waals surface area contributed by atoms with Crippen LogP contribution < -0.4 is 10.1 Å². The van der Waals surface area contributed by atoms with Crippen molar-refractivity contribution in [1.82, 2.24) is 9.78 Å². The minimum atomic E-state index is -0.957. The molecule has 0 aliphatic carbocycles. The van der Waals surface area contributed by atoms with E-state index >= 15 is 0 Å². The molecule has 0 radical (unpaired) electrons. The number of anilines is 1. The summed E-state index contributed by atoms with van der Waals surface area (Å²) in [4.78, 5) is 24.8. The summed E-state index contributed by atoms with van der Waals surface area (Å²) in [5, 5.41) is 7.02. The summed E-state index contributed by atoms with van der Waals surface area (Å²) in [6, 6.07) is 15.9. The Morgan fingerprint density at radius 1 is 1.00 bits per heavy atom. The second-order valence-corrected chi connectivity index (χ2v) is 6.65. The Morgan fingerprint density at radius 3 is 2.21 bits per heavy atom. The number of carbonyl (C=O) groups is 2. The van der Waals surface area contributed by atoms with Gasteiger partial charge in [-0.05, 0) is 57.2 Å². The third kappa shape index (κ3) is 4.82. The first-order valence-corrected chi connectivity index (χ1v) is 9.20. The molecular formula is C22H23N3O4. The first kappa shape index (κ1) is 20.1. The maximum atomic E-state index is 12.4. The topological polar surface area (TPSA) is 82.5 Å². The number of ether oxygens (including phenoxy) is 2. The van der Waals surface area contributed by atoms with Gasteiger partial charge in [0.2, 0.25) is 0 Å². The molecule has 7 heteroatoms. The van der Waals surface area contributed by atoms with Gasteiger partial charge in [-0.25, -0.2) is 4.79 Å². The van der Waals surface area contributed by atoms with Crippen LogP contribution in [-0.4, -0.2) is 27.8 Å². The Morgan fingerprint density at radius 2 is 1.62 bits per heavy atom. The molecule has 150 valence electrons. The molecule has 3 rings (SSSR count). The summed E-state index contributed by atoms with van der Waals surface area (Å²) in [5.41, 5.74) is 2.48. The highest BCUT2D eigenvalue weighted by Gasteiger charge is 2.21. The molecular weight excluding hydrogens is 370 g/mol.